The Kier molecular flexibility index (Phi) is 6.95. The van der Waals surface area contributed by atoms with Crippen LogP contribution in [0.15, 0.2) is 22.7 Å². The van der Waals surface area contributed by atoms with Gasteiger partial charge in [0, 0.05) is 10.5 Å². The van der Waals surface area contributed by atoms with E-state index < -0.39 is 0 Å². The smallest absolute Gasteiger partial charge is 0.0359 e. The molecule has 1 unspecified atom stereocenters. The first-order valence-electron chi connectivity index (χ1n) is 7.13. The van der Waals surface area contributed by atoms with Gasteiger partial charge >= 0.3 is 0 Å². The van der Waals surface area contributed by atoms with E-state index in [-0.39, 0.29) is 0 Å². The molecule has 0 radical (unpaired) electrons. The van der Waals surface area contributed by atoms with Gasteiger partial charge in [-0.3, -0.25) is 0 Å². The third-order valence-electron chi connectivity index (χ3n) is 3.62. The van der Waals surface area contributed by atoms with Crippen molar-refractivity contribution in [2.75, 3.05) is 6.54 Å². The van der Waals surface area contributed by atoms with Crippen LogP contribution in [0.3, 0.4) is 0 Å². The summed E-state index contributed by atoms with van der Waals surface area (Å²) in [5, 5.41) is 3.73. The average molecular weight is 312 g/mol. The fourth-order valence-electron chi connectivity index (χ4n) is 2.49. The molecule has 0 heterocycles. The highest BCUT2D eigenvalue weighted by atomic mass is 79.9. The van der Waals surface area contributed by atoms with Gasteiger partial charge < -0.3 is 5.32 Å². The minimum Gasteiger partial charge on any atom is -0.310 e. The van der Waals surface area contributed by atoms with E-state index in [4.69, 9.17) is 0 Å². The van der Waals surface area contributed by atoms with Gasteiger partial charge in [0.25, 0.3) is 0 Å². The van der Waals surface area contributed by atoms with Gasteiger partial charge in [0.15, 0.2) is 0 Å². The van der Waals surface area contributed by atoms with Crippen LogP contribution < -0.4 is 5.32 Å². The summed E-state index contributed by atoms with van der Waals surface area (Å²) in [6, 6.07) is 7.12. The number of hydrogen-bond acceptors (Lipinski definition) is 1. The highest BCUT2D eigenvalue weighted by Gasteiger charge is 2.21. The van der Waals surface area contributed by atoms with Crippen LogP contribution >= 0.6 is 15.9 Å². The van der Waals surface area contributed by atoms with E-state index >= 15 is 0 Å². The first-order valence-corrected chi connectivity index (χ1v) is 7.92. The molecule has 0 aliphatic rings. The number of aryl methyl sites for hydroxylation is 1. The molecular weight excluding hydrogens is 286 g/mol. The molecule has 1 aromatic rings. The van der Waals surface area contributed by atoms with Gasteiger partial charge in [-0.15, -0.1) is 0 Å². The molecule has 2 heteroatoms. The molecule has 1 nitrogen and oxygen atoms in total. The van der Waals surface area contributed by atoms with E-state index in [1.54, 1.807) is 0 Å². The van der Waals surface area contributed by atoms with E-state index in [0.29, 0.717) is 12.0 Å². The Morgan fingerprint density at radius 3 is 2.39 bits per heavy atom. The summed E-state index contributed by atoms with van der Waals surface area (Å²) in [5.74, 6) is 0.703. The molecule has 1 N–H and O–H groups in total. The minimum absolute atomic E-state index is 0.467. The van der Waals surface area contributed by atoms with E-state index in [1.807, 2.05) is 0 Å². The molecule has 0 aromatic heterocycles. The molecule has 0 aliphatic heterocycles. The van der Waals surface area contributed by atoms with Gasteiger partial charge in [0.05, 0.1) is 0 Å². The van der Waals surface area contributed by atoms with Crippen LogP contribution in [0, 0.1) is 12.8 Å². The number of hydrogen-bond donors (Lipinski definition) is 1. The largest absolute Gasteiger partial charge is 0.310 e. The van der Waals surface area contributed by atoms with Gasteiger partial charge in [0.1, 0.15) is 0 Å². The number of rotatable bonds is 7. The normalized spacial score (nSPS) is 13.0. The van der Waals surface area contributed by atoms with Crippen molar-refractivity contribution in [1.29, 1.82) is 0 Å². The first kappa shape index (κ1) is 15.7. The highest BCUT2D eigenvalue weighted by molar-refractivity contribution is 9.10. The Bertz CT molecular complexity index is 358. The zero-order valence-electron chi connectivity index (χ0n) is 12.1. The fourth-order valence-corrected chi connectivity index (χ4v) is 2.99. The van der Waals surface area contributed by atoms with Crippen molar-refractivity contribution in [1.82, 2.24) is 5.32 Å². The van der Waals surface area contributed by atoms with Crippen LogP contribution in [0.1, 0.15) is 57.2 Å². The van der Waals surface area contributed by atoms with Crippen molar-refractivity contribution >= 4 is 15.9 Å². The number of halogens is 1. The minimum atomic E-state index is 0.467. The zero-order valence-corrected chi connectivity index (χ0v) is 13.7. The van der Waals surface area contributed by atoms with E-state index in [1.165, 1.54) is 34.9 Å². The summed E-state index contributed by atoms with van der Waals surface area (Å²) < 4.78 is 1.23. The topological polar surface area (TPSA) is 12.0 Å². The molecule has 0 bridgehead atoms. The summed E-state index contributed by atoms with van der Waals surface area (Å²) in [5.41, 5.74) is 2.75. The molecule has 0 spiro atoms. The first-order chi connectivity index (χ1) is 8.63. The van der Waals surface area contributed by atoms with E-state index in [0.717, 1.165) is 6.54 Å². The molecular formula is C16H26BrN. The molecule has 0 aliphatic carbocycles. The number of nitrogens with one attached hydrogen (secondary N) is 1. The summed E-state index contributed by atoms with van der Waals surface area (Å²) in [4.78, 5) is 0. The third-order valence-corrected chi connectivity index (χ3v) is 4.34. The maximum Gasteiger partial charge on any atom is 0.0359 e. The van der Waals surface area contributed by atoms with Crippen molar-refractivity contribution in [2.45, 2.75) is 53.0 Å². The Morgan fingerprint density at radius 1 is 1.17 bits per heavy atom. The molecule has 18 heavy (non-hydrogen) atoms. The van der Waals surface area contributed by atoms with Gasteiger partial charge in [-0.05, 0) is 37.4 Å². The second kappa shape index (κ2) is 7.96. The van der Waals surface area contributed by atoms with Gasteiger partial charge in [-0.1, -0.05) is 67.2 Å². The van der Waals surface area contributed by atoms with Crippen molar-refractivity contribution in [3.05, 3.63) is 33.8 Å². The average Bonchev–Trinajstić information content (AvgIpc) is 2.38. The molecule has 0 saturated carbocycles. The quantitative estimate of drug-likeness (QED) is 0.726. The van der Waals surface area contributed by atoms with Crippen molar-refractivity contribution in [2.24, 2.45) is 5.92 Å². The predicted molar refractivity (Wildman–Crippen MR) is 84.0 cm³/mol. The molecule has 1 aromatic carbocycles. The van der Waals surface area contributed by atoms with Crippen molar-refractivity contribution < 1.29 is 0 Å². The zero-order chi connectivity index (χ0) is 13.5. The fraction of sp³-hybridized carbons (Fsp3) is 0.625. The van der Waals surface area contributed by atoms with Gasteiger partial charge in [-0.25, -0.2) is 0 Å². The summed E-state index contributed by atoms with van der Waals surface area (Å²) >= 11 is 3.71. The van der Waals surface area contributed by atoms with Crippen LogP contribution in [0.5, 0.6) is 0 Å². The second-order valence-electron chi connectivity index (χ2n) is 5.03. The van der Waals surface area contributed by atoms with Crippen LogP contribution in [0.25, 0.3) is 0 Å². The standard InChI is InChI=1S/C16H26BrN/c1-5-10-18-16(13(6-2)7-3)14-11-12(4)8-9-15(14)17/h8-9,11,13,16,18H,5-7,10H2,1-4H3. The lowest BCUT2D eigenvalue weighted by molar-refractivity contribution is 0.340. The molecule has 1 atom stereocenters. The molecule has 0 saturated heterocycles. The van der Waals surface area contributed by atoms with Crippen LogP contribution in [0.4, 0.5) is 0 Å². The Labute approximate surface area is 120 Å². The van der Waals surface area contributed by atoms with E-state index in [9.17, 15) is 0 Å². The molecule has 0 amide bonds. The van der Waals surface area contributed by atoms with Crippen molar-refractivity contribution in [3.8, 4) is 0 Å². The van der Waals surface area contributed by atoms with Gasteiger partial charge in [0.2, 0.25) is 0 Å². The molecule has 0 fully saturated rings. The van der Waals surface area contributed by atoms with Crippen molar-refractivity contribution in [3.63, 3.8) is 0 Å². The Balaban J connectivity index is 3.03. The maximum atomic E-state index is 3.73. The lowest BCUT2D eigenvalue weighted by Gasteiger charge is -2.28. The second-order valence-corrected chi connectivity index (χ2v) is 5.89. The third kappa shape index (κ3) is 4.10. The summed E-state index contributed by atoms with van der Waals surface area (Å²) in [6.07, 6.45) is 3.62. The van der Waals surface area contributed by atoms with Gasteiger partial charge in [-0.2, -0.15) is 0 Å². The SMILES string of the molecule is CCCNC(c1cc(C)ccc1Br)C(CC)CC. The summed E-state index contributed by atoms with van der Waals surface area (Å²) in [6.45, 7) is 10.1. The van der Waals surface area contributed by atoms with Crippen LogP contribution in [0.2, 0.25) is 0 Å². The summed E-state index contributed by atoms with van der Waals surface area (Å²) in [7, 11) is 0. The maximum absolute atomic E-state index is 3.73. The molecule has 102 valence electrons. The Morgan fingerprint density at radius 2 is 1.83 bits per heavy atom. The predicted octanol–water partition coefficient (Wildman–Crippen LogP) is 5.23. The van der Waals surface area contributed by atoms with Crippen LogP contribution in [-0.2, 0) is 0 Å². The number of benzene rings is 1. The van der Waals surface area contributed by atoms with Crippen LogP contribution in [-0.4, -0.2) is 6.54 Å². The van der Waals surface area contributed by atoms with E-state index in [2.05, 4.69) is 67.1 Å². The lowest BCUT2D eigenvalue weighted by Crippen LogP contribution is -2.29. The highest BCUT2D eigenvalue weighted by Crippen LogP contribution is 2.32. The molecule has 1 rings (SSSR count). The Hall–Kier alpha value is -0.340. The lowest BCUT2D eigenvalue weighted by atomic mass is 9.88. The monoisotopic (exact) mass is 311 g/mol.